The summed E-state index contributed by atoms with van der Waals surface area (Å²) in [5.41, 5.74) is -2.67. The van der Waals surface area contributed by atoms with Crippen molar-refractivity contribution < 1.29 is 37.1 Å². The van der Waals surface area contributed by atoms with E-state index in [1.807, 2.05) is 0 Å². The normalized spacial score (nSPS) is 22.6. The number of hydrogen-bond acceptors (Lipinski definition) is 5. The third-order valence-electron chi connectivity index (χ3n) is 6.06. The maximum Gasteiger partial charge on any atom is 0.408 e. The van der Waals surface area contributed by atoms with E-state index in [2.05, 4.69) is 10.6 Å². The van der Waals surface area contributed by atoms with E-state index >= 15 is 4.39 Å². The van der Waals surface area contributed by atoms with Crippen LogP contribution in [0, 0.1) is 0 Å². The van der Waals surface area contributed by atoms with Gasteiger partial charge < -0.3 is 15.4 Å². The largest absolute Gasteiger partial charge is 0.444 e. The quantitative estimate of drug-likeness (QED) is 0.575. The van der Waals surface area contributed by atoms with Gasteiger partial charge in [0.2, 0.25) is 0 Å². The molecule has 3 fully saturated rings. The average Bonchev–Trinajstić information content (AvgIpc) is 3.36. The van der Waals surface area contributed by atoms with Crippen molar-refractivity contribution in [1.29, 1.82) is 0 Å². The van der Waals surface area contributed by atoms with Gasteiger partial charge in [0.05, 0.1) is 6.04 Å². The Morgan fingerprint density at radius 1 is 1.06 bits per heavy atom. The van der Waals surface area contributed by atoms with Crippen molar-refractivity contribution in [3.8, 4) is 0 Å². The second-order valence-electron chi connectivity index (χ2n) is 10.4. The summed E-state index contributed by atoms with van der Waals surface area (Å²) in [7, 11) is 0. The number of ether oxygens (including phenoxy) is 1. The zero-order chi connectivity index (χ0) is 24.6. The molecule has 3 aliphatic rings. The molecule has 0 aromatic heterocycles. The number of carbonyl (C=O) groups is 4. The zero-order valence-electron chi connectivity index (χ0n) is 19.2. The van der Waals surface area contributed by atoms with E-state index < -0.39 is 72.4 Å². The highest BCUT2D eigenvalue weighted by molar-refractivity contribution is 6.38. The zero-order valence-corrected chi connectivity index (χ0v) is 19.2. The van der Waals surface area contributed by atoms with Crippen LogP contribution in [-0.4, -0.2) is 64.0 Å². The molecule has 0 aromatic carbocycles. The van der Waals surface area contributed by atoms with Gasteiger partial charge >= 0.3 is 17.9 Å². The molecule has 0 radical (unpaired) electrons. The number of halogens is 3. The van der Waals surface area contributed by atoms with Crippen LogP contribution in [0.5, 0.6) is 0 Å². The topological polar surface area (TPSA) is 105 Å². The van der Waals surface area contributed by atoms with Crippen LogP contribution in [0.25, 0.3) is 0 Å². The third kappa shape index (κ3) is 6.83. The molecule has 1 unspecified atom stereocenters. The van der Waals surface area contributed by atoms with Crippen molar-refractivity contribution in [3.63, 3.8) is 0 Å². The predicted octanol–water partition coefficient (Wildman–Crippen LogP) is 2.98. The number of nitrogens with zero attached hydrogens (tertiary/aromatic N) is 1. The lowest BCUT2D eigenvalue weighted by atomic mass is 9.85. The standard InChI is InChI=1S/C22H32F3N3O5/c1-20(2,3)33-19(32)27-15(12-21(23)8-4-5-9-21)17(30)28(14-10-22(24,25)11-14)18(31)16(29)26-13-6-7-13/h13-15H,4-12H2,1-3H3,(H,26,29)(H,27,32). The van der Waals surface area contributed by atoms with Gasteiger partial charge in [-0.1, -0.05) is 12.8 Å². The first-order valence-electron chi connectivity index (χ1n) is 11.4. The molecule has 0 aromatic rings. The number of nitrogens with one attached hydrogen (secondary N) is 2. The average molecular weight is 476 g/mol. The van der Waals surface area contributed by atoms with E-state index in [-0.39, 0.29) is 18.9 Å². The second-order valence-corrected chi connectivity index (χ2v) is 10.4. The fraction of sp³-hybridized carbons (Fsp3) is 0.818. The maximum atomic E-state index is 15.3. The minimum Gasteiger partial charge on any atom is -0.444 e. The number of hydrogen-bond donors (Lipinski definition) is 2. The van der Waals surface area contributed by atoms with Gasteiger partial charge in [-0.05, 0) is 46.5 Å². The first-order valence-corrected chi connectivity index (χ1v) is 11.4. The predicted molar refractivity (Wildman–Crippen MR) is 111 cm³/mol. The Hall–Kier alpha value is -2.33. The van der Waals surface area contributed by atoms with E-state index in [0.717, 1.165) is 0 Å². The Balaban J connectivity index is 1.83. The molecule has 8 nitrogen and oxygen atoms in total. The van der Waals surface area contributed by atoms with E-state index in [1.54, 1.807) is 20.8 Å². The van der Waals surface area contributed by atoms with Gasteiger partial charge in [0, 0.05) is 25.3 Å². The summed E-state index contributed by atoms with van der Waals surface area (Å²) in [4.78, 5) is 51.5. The fourth-order valence-corrected chi connectivity index (χ4v) is 4.24. The lowest BCUT2D eigenvalue weighted by Crippen LogP contribution is -2.62. The van der Waals surface area contributed by atoms with Crippen LogP contribution in [0.3, 0.4) is 0 Å². The van der Waals surface area contributed by atoms with Gasteiger partial charge in [0.25, 0.3) is 11.8 Å². The molecule has 0 heterocycles. The van der Waals surface area contributed by atoms with E-state index in [4.69, 9.17) is 4.74 Å². The van der Waals surface area contributed by atoms with Crippen LogP contribution in [0.1, 0.15) is 78.6 Å². The van der Waals surface area contributed by atoms with Gasteiger partial charge in [-0.25, -0.2) is 18.0 Å². The lowest BCUT2D eigenvalue weighted by molar-refractivity contribution is -0.170. The van der Waals surface area contributed by atoms with Gasteiger partial charge in [0.15, 0.2) is 0 Å². The number of alkyl halides is 3. The van der Waals surface area contributed by atoms with Gasteiger partial charge in [0.1, 0.15) is 17.3 Å². The molecule has 11 heteroatoms. The van der Waals surface area contributed by atoms with E-state index in [1.165, 1.54) is 0 Å². The summed E-state index contributed by atoms with van der Waals surface area (Å²) in [6, 6.07) is -2.95. The minimum atomic E-state index is -3.07. The van der Waals surface area contributed by atoms with Crippen molar-refractivity contribution in [2.45, 2.75) is 114 Å². The summed E-state index contributed by atoms with van der Waals surface area (Å²) >= 11 is 0. The molecule has 33 heavy (non-hydrogen) atoms. The van der Waals surface area contributed by atoms with Gasteiger partial charge in [-0.3, -0.25) is 19.3 Å². The maximum absolute atomic E-state index is 15.3. The monoisotopic (exact) mass is 475 g/mol. The molecular weight excluding hydrogens is 443 g/mol. The Kier molecular flexibility index (Phi) is 7.00. The summed E-state index contributed by atoms with van der Waals surface area (Å²) in [6.07, 6.45) is -0.116. The first-order chi connectivity index (χ1) is 15.2. The van der Waals surface area contributed by atoms with Crippen LogP contribution in [-0.2, 0) is 19.1 Å². The number of carbonyl (C=O) groups excluding carboxylic acids is 4. The van der Waals surface area contributed by atoms with E-state index in [0.29, 0.717) is 30.6 Å². The molecule has 0 aliphatic heterocycles. The van der Waals surface area contributed by atoms with Crippen LogP contribution < -0.4 is 10.6 Å². The number of amides is 4. The van der Waals surface area contributed by atoms with Crippen molar-refractivity contribution in [3.05, 3.63) is 0 Å². The molecule has 1 atom stereocenters. The molecule has 0 saturated heterocycles. The Labute approximate surface area is 191 Å². The lowest BCUT2D eigenvalue weighted by Gasteiger charge is -2.42. The Morgan fingerprint density at radius 2 is 1.64 bits per heavy atom. The Bertz CT molecular complexity index is 796. The number of alkyl carbamates (subject to hydrolysis) is 1. The highest BCUT2D eigenvalue weighted by atomic mass is 19.3. The second kappa shape index (κ2) is 9.13. The van der Waals surface area contributed by atoms with Crippen LogP contribution >= 0.6 is 0 Å². The summed E-state index contributed by atoms with van der Waals surface area (Å²) in [6.45, 7) is 4.81. The molecule has 3 rings (SSSR count). The minimum absolute atomic E-state index is 0.171. The molecule has 0 spiro atoms. The molecule has 4 amide bonds. The molecule has 2 N–H and O–H groups in total. The first kappa shape index (κ1) is 25.3. The number of imide groups is 1. The Morgan fingerprint density at radius 3 is 2.12 bits per heavy atom. The highest BCUT2D eigenvalue weighted by Crippen LogP contribution is 2.42. The van der Waals surface area contributed by atoms with Crippen LogP contribution in [0.15, 0.2) is 0 Å². The third-order valence-corrected chi connectivity index (χ3v) is 6.06. The molecule has 0 bridgehead atoms. The SMILES string of the molecule is CC(C)(C)OC(=O)NC(CC1(F)CCCC1)C(=O)N(C(=O)C(=O)NC1CC1)C1CC(F)(F)C1. The molecule has 3 saturated carbocycles. The van der Waals surface area contributed by atoms with E-state index in [9.17, 15) is 28.0 Å². The molecular formula is C22H32F3N3O5. The summed E-state index contributed by atoms with van der Waals surface area (Å²) < 4.78 is 47.6. The van der Waals surface area contributed by atoms with Gasteiger partial charge in [-0.15, -0.1) is 0 Å². The van der Waals surface area contributed by atoms with Crippen LogP contribution in [0.4, 0.5) is 18.0 Å². The number of rotatable bonds is 6. The smallest absolute Gasteiger partial charge is 0.408 e. The summed E-state index contributed by atoms with van der Waals surface area (Å²) in [5.74, 6) is -6.51. The highest BCUT2D eigenvalue weighted by Gasteiger charge is 2.53. The fourth-order valence-electron chi connectivity index (χ4n) is 4.24. The summed E-state index contributed by atoms with van der Waals surface area (Å²) in [5, 5.41) is 4.76. The van der Waals surface area contributed by atoms with Gasteiger partial charge in [-0.2, -0.15) is 0 Å². The van der Waals surface area contributed by atoms with Crippen LogP contribution in [0.2, 0.25) is 0 Å². The van der Waals surface area contributed by atoms with Crippen molar-refractivity contribution >= 4 is 23.8 Å². The van der Waals surface area contributed by atoms with Crippen molar-refractivity contribution in [2.24, 2.45) is 0 Å². The molecule has 3 aliphatic carbocycles. The van der Waals surface area contributed by atoms with Crippen molar-refractivity contribution in [2.75, 3.05) is 0 Å². The van der Waals surface area contributed by atoms with Crippen molar-refractivity contribution in [1.82, 2.24) is 15.5 Å². The molecule has 186 valence electrons.